The van der Waals surface area contributed by atoms with Gasteiger partial charge in [0.1, 0.15) is 5.82 Å². The van der Waals surface area contributed by atoms with E-state index in [1.54, 1.807) is 17.7 Å². The normalized spacial score (nSPS) is 10.7. The highest BCUT2D eigenvalue weighted by Crippen LogP contribution is 2.21. The molecule has 1 aromatic heterocycles. The molecule has 0 saturated carbocycles. The largest absolute Gasteiger partial charge is 0.321 e. The Kier molecular flexibility index (Phi) is 5.07. The van der Waals surface area contributed by atoms with Gasteiger partial charge >= 0.3 is 0 Å². The summed E-state index contributed by atoms with van der Waals surface area (Å²) < 4.78 is 1.56. The van der Waals surface area contributed by atoms with Gasteiger partial charge in [-0.3, -0.25) is 9.59 Å². The fourth-order valence-electron chi connectivity index (χ4n) is 3.04. The highest BCUT2D eigenvalue weighted by atomic mass is 16.2. The Labute approximate surface area is 168 Å². The summed E-state index contributed by atoms with van der Waals surface area (Å²) in [7, 11) is 0. The molecule has 0 radical (unpaired) electrons. The Balaban J connectivity index is 1.64. The minimum atomic E-state index is -0.345. The number of hydrogen-bond donors (Lipinski definition) is 2. The van der Waals surface area contributed by atoms with E-state index in [0.717, 1.165) is 16.5 Å². The summed E-state index contributed by atoms with van der Waals surface area (Å²) in [6, 6.07) is 24.6. The lowest BCUT2D eigenvalue weighted by Crippen LogP contribution is -2.14. The number of nitrogens with zero attached hydrogens (tertiary/aromatic N) is 2. The van der Waals surface area contributed by atoms with E-state index in [1.807, 2.05) is 72.8 Å². The molecule has 0 aliphatic rings. The molecule has 0 bridgehead atoms. The van der Waals surface area contributed by atoms with Gasteiger partial charge in [0.25, 0.3) is 5.91 Å². The summed E-state index contributed by atoms with van der Waals surface area (Å²) in [4.78, 5) is 24.7. The van der Waals surface area contributed by atoms with E-state index in [1.165, 1.54) is 0 Å². The summed E-state index contributed by atoms with van der Waals surface area (Å²) in [5, 5.41) is 12.2. The van der Waals surface area contributed by atoms with Crippen LogP contribution in [0.25, 0.3) is 16.5 Å². The van der Waals surface area contributed by atoms with Crippen LogP contribution >= 0.6 is 0 Å². The maximum Gasteiger partial charge on any atom is 0.276 e. The van der Waals surface area contributed by atoms with Crippen molar-refractivity contribution in [3.05, 3.63) is 84.6 Å². The van der Waals surface area contributed by atoms with Crippen molar-refractivity contribution >= 4 is 34.1 Å². The first-order valence-electron chi connectivity index (χ1n) is 9.39. The third-order valence-corrected chi connectivity index (χ3v) is 4.54. The van der Waals surface area contributed by atoms with E-state index in [-0.39, 0.29) is 17.5 Å². The van der Waals surface area contributed by atoms with Crippen LogP contribution in [0.2, 0.25) is 0 Å². The van der Waals surface area contributed by atoms with Gasteiger partial charge in [0.2, 0.25) is 5.91 Å². The average molecular weight is 384 g/mol. The molecule has 0 atom stereocenters. The molecule has 0 aliphatic carbocycles. The van der Waals surface area contributed by atoms with Gasteiger partial charge in [-0.25, -0.2) is 4.68 Å². The number of carbonyl (C=O) groups is 2. The second kappa shape index (κ2) is 7.98. The average Bonchev–Trinajstić information content (AvgIpc) is 3.18. The second-order valence-corrected chi connectivity index (χ2v) is 6.58. The standard InChI is InChI=1S/C23H20N4O2/c1-2-22(28)25-21-15-20(26-27(21)19-10-4-3-5-11-19)23(29)24-18-13-12-16-8-6-7-9-17(16)14-18/h3-15H,2H2,1H3,(H,24,29)(H,25,28). The molecule has 4 aromatic rings. The predicted octanol–water partition coefficient (Wildman–Crippen LogP) is 4.63. The lowest BCUT2D eigenvalue weighted by Gasteiger charge is -2.07. The first-order chi connectivity index (χ1) is 14.1. The van der Waals surface area contributed by atoms with Crippen molar-refractivity contribution in [2.24, 2.45) is 0 Å². The molecule has 4 rings (SSSR count). The topological polar surface area (TPSA) is 76.0 Å². The lowest BCUT2D eigenvalue weighted by molar-refractivity contribution is -0.115. The number of amides is 2. The number of hydrogen-bond acceptors (Lipinski definition) is 3. The number of aromatic nitrogens is 2. The van der Waals surface area contributed by atoms with Crippen molar-refractivity contribution in [3.63, 3.8) is 0 Å². The van der Waals surface area contributed by atoms with Gasteiger partial charge < -0.3 is 10.6 Å². The van der Waals surface area contributed by atoms with E-state index >= 15 is 0 Å². The van der Waals surface area contributed by atoms with Crippen molar-refractivity contribution in [2.45, 2.75) is 13.3 Å². The number of carbonyl (C=O) groups excluding carboxylic acids is 2. The second-order valence-electron chi connectivity index (χ2n) is 6.58. The Morgan fingerprint density at radius 2 is 1.59 bits per heavy atom. The van der Waals surface area contributed by atoms with Gasteiger partial charge in [0, 0.05) is 18.2 Å². The Morgan fingerprint density at radius 3 is 2.34 bits per heavy atom. The van der Waals surface area contributed by atoms with Crippen LogP contribution in [0.15, 0.2) is 78.9 Å². The van der Waals surface area contributed by atoms with Gasteiger partial charge in [-0.05, 0) is 35.0 Å². The zero-order valence-electron chi connectivity index (χ0n) is 15.9. The number of rotatable bonds is 5. The molecule has 144 valence electrons. The zero-order valence-corrected chi connectivity index (χ0v) is 15.9. The molecule has 0 saturated heterocycles. The molecule has 2 N–H and O–H groups in total. The highest BCUT2D eigenvalue weighted by Gasteiger charge is 2.17. The molecule has 0 unspecified atom stereocenters. The van der Waals surface area contributed by atoms with Crippen LogP contribution in [-0.4, -0.2) is 21.6 Å². The maximum atomic E-state index is 12.8. The summed E-state index contributed by atoms with van der Waals surface area (Å²) in [5.74, 6) is -0.0442. The Morgan fingerprint density at radius 1 is 0.862 bits per heavy atom. The van der Waals surface area contributed by atoms with E-state index in [2.05, 4.69) is 15.7 Å². The molecule has 3 aromatic carbocycles. The minimum absolute atomic E-state index is 0.149. The molecule has 6 nitrogen and oxygen atoms in total. The fourth-order valence-corrected chi connectivity index (χ4v) is 3.04. The van der Waals surface area contributed by atoms with Crippen LogP contribution in [-0.2, 0) is 4.79 Å². The Hall–Kier alpha value is -3.93. The van der Waals surface area contributed by atoms with Gasteiger partial charge in [0.15, 0.2) is 5.69 Å². The number of nitrogens with one attached hydrogen (secondary N) is 2. The molecular weight excluding hydrogens is 364 g/mol. The molecule has 1 heterocycles. The summed E-state index contributed by atoms with van der Waals surface area (Å²) in [6.45, 7) is 1.77. The molecular formula is C23H20N4O2. The van der Waals surface area contributed by atoms with Crippen molar-refractivity contribution < 1.29 is 9.59 Å². The van der Waals surface area contributed by atoms with Gasteiger partial charge in [-0.1, -0.05) is 55.5 Å². The molecule has 2 amide bonds. The molecule has 29 heavy (non-hydrogen) atoms. The van der Waals surface area contributed by atoms with E-state index in [4.69, 9.17) is 0 Å². The Bertz CT molecular complexity index is 1180. The number of anilines is 2. The SMILES string of the molecule is CCC(=O)Nc1cc(C(=O)Nc2ccc3ccccc3c2)nn1-c1ccccc1. The minimum Gasteiger partial charge on any atom is -0.321 e. The summed E-state index contributed by atoms with van der Waals surface area (Å²) in [5.41, 5.74) is 1.65. The third kappa shape index (κ3) is 4.01. The van der Waals surface area contributed by atoms with Crippen molar-refractivity contribution in [1.82, 2.24) is 9.78 Å². The summed E-state index contributed by atoms with van der Waals surface area (Å²) in [6.07, 6.45) is 0.332. The van der Waals surface area contributed by atoms with E-state index < -0.39 is 0 Å². The number of fused-ring (bicyclic) bond motifs is 1. The highest BCUT2D eigenvalue weighted by molar-refractivity contribution is 6.05. The smallest absolute Gasteiger partial charge is 0.276 e. The number of para-hydroxylation sites is 1. The van der Waals surface area contributed by atoms with Crippen LogP contribution in [0.4, 0.5) is 11.5 Å². The lowest BCUT2D eigenvalue weighted by atomic mass is 10.1. The third-order valence-electron chi connectivity index (χ3n) is 4.54. The molecule has 6 heteroatoms. The monoisotopic (exact) mass is 384 g/mol. The number of benzene rings is 3. The maximum absolute atomic E-state index is 12.8. The van der Waals surface area contributed by atoms with Crippen LogP contribution in [0.5, 0.6) is 0 Å². The van der Waals surface area contributed by atoms with Crippen molar-refractivity contribution in [2.75, 3.05) is 10.6 Å². The van der Waals surface area contributed by atoms with Crippen molar-refractivity contribution in [3.8, 4) is 5.69 Å². The van der Waals surface area contributed by atoms with Gasteiger partial charge in [0.05, 0.1) is 5.69 Å². The zero-order chi connectivity index (χ0) is 20.2. The first-order valence-corrected chi connectivity index (χ1v) is 9.39. The van der Waals surface area contributed by atoms with Crippen LogP contribution in [0, 0.1) is 0 Å². The predicted molar refractivity (Wildman–Crippen MR) is 114 cm³/mol. The molecule has 0 spiro atoms. The molecule has 0 aliphatic heterocycles. The van der Waals surface area contributed by atoms with Gasteiger partial charge in [-0.2, -0.15) is 5.10 Å². The first kappa shape index (κ1) is 18.4. The van der Waals surface area contributed by atoms with Crippen molar-refractivity contribution in [1.29, 1.82) is 0 Å². The van der Waals surface area contributed by atoms with Crippen LogP contribution < -0.4 is 10.6 Å². The molecule has 0 fully saturated rings. The van der Waals surface area contributed by atoms with Crippen LogP contribution in [0.3, 0.4) is 0 Å². The van der Waals surface area contributed by atoms with E-state index in [9.17, 15) is 9.59 Å². The fraction of sp³-hybridized carbons (Fsp3) is 0.0870. The summed E-state index contributed by atoms with van der Waals surface area (Å²) >= 11 is 0. The van der Waals surface area contributed by atoms with E-state index in [0.29, 0.717) is 17.9 Å². The quantitative estimate of drug-likeness (QED) is 0.527. The van der Waals surface area contributed by atoms with Crippen LogP contribution in [0.1, 0.15) is 23.8 Å². The van der Waals surface area contributed by atoms with Gasteiger partial charge in [-0.15, -0.1) is 0 Å².